The summed E-state index contributed by atoms with van der Waals surface area (Å²) in [5.41, 5.74) is 1.31. The van der Waals surface area contributed by atoms with Gasteiger partial charge in [0.15, 0.2) is 0 Å². The highest BCUT2D eigenvalue weighted by atomic mass is 35.5. The van der Waals surface area contributed by atoms with E-state index in [9.17, 15) is 14.9 Å². The Labute approximate surface area is 164 Å². The van der Waals surface area contributed by atoms with Gasteiger partial charge >= 0.3 is 0 Å². The average Bonchev–Trinajstić information content (AvgIpc) is 3.01. The zero-order chi connectivity index (χ0) is 19.4. The van der Waals surface area contributed by atoms with Gasteiger partial charge in [0, 0.05) is 23.1 Å². The molecule has 3 rings (SSSR count). The molecule has 0 unspecified atom stereocenters. The number of nitrogens with one attached hydrogen (secondary N) is 1. The summed E-state index contributed by atoms with van der Waals surface area (Å²) in [6, 6.07) is 15.0. The summed E-state index contributed by atoms with van der Waals surface area (Å²) in [4.78, 5) is 23.5. The van der Waals surface area contributed by atoms with Crippen molar-refractivity contribution in [1.82, 2.24) is 9.78 Å². The first kappa shape index (κ1) is 18.9. The summed E-state index contributed by atoms with van der Waals surface area (Å²) >= 11 is 7.44. The fourth-order valence-electron chi connectivity index (χ4n) is 2.38. The number of hydrogen-bond donors (Lipinski definition) is 1. The molecule has 1 heterocycles. The fourth-order valence-corrected chi connectivity index (χ4v) is 3.42. The molecule has 1 amide bonds. The molecule has 27 heavy (non-hydrogen) atoms. The number of halogens is 1. The van der Waals surface area contributed by atoms with Crippen LogP contribution in [0.3, 0.4) is 0 Å². The maximum absolute atomic E-state index is 12.3. The van der Waals surface area contributed by atoms with E-state index < -0.39 is 4.92 Å². The predicted molar refractivity (Wildman–Crippen MR) is 106 cm³/mol. The van der Waals surface area contributed by atoms with Crippen LogP contribution in [-0.4, -0.2) is 26.4 Å². The monoisotopic (exact) mass is 402 g/mol. The van der Waals surface area contributed by atoms with Crippen LogP contribution < -0.4 is 5.32 Å². The van der Waals surface area contributed by atoms with Crippen LogP contribution in [0.4, 0.5) is 11.5 Å². The van der Waals surface area contributed by atoms with Crippen LogP contribution in [0.1, 0.15) is 5.69 Å². The average molecular weight is 403 g/mol. The molecule has 3 aromatic rings. The van der Waals surface area contributed by atoms with E-state index in [0.29, 0.717) is 22.2 Å². The first-order valence-corrected chi connectivity index (χ1v) is 9.29. The van der Waals surface area contributed by atoms with Crippen molar-refractivity contribution >= 4 is 40.8 Å². The van der Waals surface area contributed by atoms with Crippen molar-refractivity contribution in [3.8, 4) is 5.69 Å². The van der Waals surface area contributed by atoms with Gasteiger partial charge < -0.3 is 5.32 Å². The topological polar surface area (TPSA) is 90.1 Å². The number of rotatable bonds is 6. The third-order valence-electron chi connectivity index (χ3n) is 3.60. The van der Waals surface area contributed by atoms with Crippen LogP contribution in [0.2, 0.25) is 5.02 Å². The van der Waals surface area contributed by atoms with E-state index >= 15 is 0 Å². The third-order valence-corrected chi connectivity index (χ3v) is 5.11. The lowest BCUT2D eigenvalue weighted by atomic mass is 10.3. The minimum Gasteiger partial charge on any atom is -0.310 e. The quantitative estimate of drug-likeness (QED) is 0.373. The van der Waals surface area contributed by atoms with Crippen molar-refractivity contribution in [2.45, 2.75) is 11.8 Å². The van der Waals surface area contributed by atoms with E-state index in [2.05, 4.69) is 10.4 Å². The van der Waals surface area contributed by atoms with Crippen molar-refractivity contribution in [1.29, 1.82) is 0 Å². The highest BCUT2D eigenvalue weighted by Gasteiger charge is 2.13. The van der Waals surface area contributed by atoms with Crippen LogP contribution in [0.25, 0.3) is 5.69 Å². The van der Waals surface area contributed by atoms with Gasteiger partial charge in [-0.2, -0.15) is 5.10 Å². The van der Waals surface area contributed by atoms with Gasteiger partial charge in [0.25, 0.3) is 5.69 Å². The van der Waals surface area contributed by atoms with Gasteiger partial charge in [-0.15, -0.1) is 11.8 Å². The number of nitrogens with zero attached hydrogens (tertiary/aromatic N) is 3. The summed E-state index contributed by atoms with van der Waals surface area (Å²) in [5, 5.41) is 18.6. The Morgan fingerprint density at radius 2 is 1.96 bits per heavy atom. The Balaban J connectivity index is 1.73. The number of non-ortho nitro benzene ring substituents is 1. The van der Waals surface area contributed by atoms with Crippen LogP contribution in [0, 0.1) is 17.0 Å². The molecular formula is C18H15ClN4O3S. The second-order valence-electron chi connectivity index (χ2n) is 5.62. The van der Waals surface area contributed by atoms with E-state index in [-0.39, 0.29) is 17.3 Å². The summed E-state index contributed by atoms with van der Waals surface area (Å²) in [7, 11) is 0. The van der Waals surface area contributed by atoms with Crippen molar-refractivity contribution in [3.63, 3.8) is 0 Å². The lowest BCUT2D eigenvalue weighted by molar-refractivity contribution is -0.384. The van der Waals surface area contributed by atoms with Gasteiger partial charge in [0.2, 0.25) is 5.91 Å². The molecule has 0 spiro atoms. The number of aromatic nitrogens is 2. The number of hydrogen-bond acceptors (Lipinski definition) is 5. The third kappa shape index (κ3) is 4.66. The molecule has 138 valence electrons. The van der Waals surface area contributed by atoms with Gasteiger partial charge in [0.1, 0.15) is 5.82 Å². The largest absolute Gasteiger partial charge is 0.310 e. The second-order valence-corrected chi connectivity index (χ2v) is 7.05. The van der Waals surface area contributed by atoms with E-state index in [4.69, 9.17) is 11.6 Å². The van der Waals surface area contributed by atoms with E-state index in [0.717, 1.165) is 4.90 Å². The highest BCUT2D eigenvalue weighted by molar-refractivity contribution is 8.00. The molecule has 0 aliphatic rings. The summed E-state index contributed by atoms with van der Waals surface area (Å²) < 4.78 is 1.54. The molecular weight excluding hydrogens is 388 g/mol. The Hall–Kier alpha value is -2.84. The number of benzene rings is 2. The Morgan fingerprint density at radius 1 is 1.26 bits per heavy atom. The van der Waals surface area contributed by atoms with Crippen LogP contribution >= 0.6 is 23.4 Å². The summed E-state index contributed by atoms with van der Waals surface area (Å²) in [6.07, 6.45) is 0. The van der Waals surface area contributed by atoms with Crippen molar-refractivity contribution in [3.05, 3.63) is 75.4 Å². The van der Waals surface area contributed by atoms with E-state index in [1.54, 1.807) is 31.2 Å². The van der Waals surface area contributed by atoms with Crippen molar-refractivity contribution in [2.24, 2.45) is 0 Å². The number of carbonyl (C=O) groups is 1. The number of nitro benzene ring substituents is 1. The fraction of sp³-hybridized carbons (Fsp3) is 0.111. The minimum absolute atomic E-state index is 0.00986. The molecule has 0 fully saturated rings. The number of carbonyl (C=O) groups excluding carboxylic acids is 1. The Bertz CT molecular complexity index is 989. The van der Waals surface area contributed by atoms with Crippen LogP contribution in [0.5, 0.6) is 0 Å². The van der Waals surface area contributed by atoms with Gasteiger partial charge in [-0.05, 0) is 31.2 Å². The zero-order valence-corrected chi connectivity index (χ0v) is 15.8. The molecule has 0 atom stereocenters. The SMILES string of the molecule is Cc1cc(NC(=O)CSc2ccccc2Cl)n(-c2ccc([N+](=O)[O-])cc2)n1. The molecule has 0 saturated heterocycles. The molecule has 1 N–H and O–H groups in total. The number of thioether (sulfide) groups is 1. The van der Waals surface area contributed by atoms with Gasteiger partial charge in [0.05, 0.1) is 27.1 Å². The molecule has 9 heteroatoms. The first-order valence-electron chi connectivity index (χ1n) is 7.93. The molecule has 2 aromatic carbocycles. The van der Waals surface area contributed by atoms with E-state index in [1.165, 1.54) is 28.6 Å². The van der Waals surface area contributed by atoms with Crippen LogP contribution in [-0.2, 0) is 4.79 Å². The van der Waals surface area contributed by atoms with Gasteiger partial charge in [-0.1, -0.05) is 23.7 Å². The second kappa shape index (κ2) is 8.24. The first-order chi connectivity index (χ1) is 12.9. The molecule has 7 nitrogen and oxygen atoms in total. The Kier molecular flexibility index (Phi) is 5.78. The van der Waals surface area contributed by atoms with Crippen molar-refractivity contribution < 1.29 is 9.72 Å². The molecule has 0 aliphatic carbocycles. The molecule has 0 radical (unpaired) electrons. The van der Waals surface area contributed by atoms with E-state index in [1.807, 2.05) is 18.2 Å². The number of nitro groups is 1. The maximum Gasteiger partial charge on any atom is 0.269 e. The molecule has 0 bridgehead atoms. The smallest absolute Gasteiger partial charge is 0.269 e. The molecule has 0 saturated carbocycles. The number of amides is 1. The Morgan fingerprint density at radius 3 is 2.63 bits per heavy atom. The van der Waals surface area contributed by atoms with Crippen LogP contribution in [0.15, 0.2) is 59.5 Å². The predicted octanol–water partition coefficient (Wildman–Crippen LogP) is 4.47. The molecule has 0 aliphatic heterocycles. The normalized spacial score (nSPS) is 10.6. The lowest BCUT2D eigenvalue weighted by Crippen LogP contribution is -2.17. The number of aryl methyl sites for hydroxylation is 1. The highest BCUT2D eigenvalue weighted by Crippen LogP contribution is 2.27. The van der Waals surface area contributed by atoms with Gasteiger partial charge in [-0.25, -0.2) is 4.68 Å². The lowest BCUT2D eigenvalue weighted by Gasteiger charge is -2.09. The summed E-state index contributed by atoms with van der Waals surface area (Å²) in [5.74, 6) is 0.475. The minimum atomic E-state index is -0.466. The van der Waals surface area contributed by atoms with Crippen molar-refractivity contribution in [2.75, 3.05) is 11.1 Å². The maximum atomic E-state index is 12.3. The number of anilines is 1. The summed E-state index contributed by atoms with van der Waals surface area (Å²) in [6.45, 7) is 1.80. The van der Waals surface area contributed by atoms with Gasteiger partial charge in [-0.3, -0.25) is 14.9 Å². The zero-order valence-electron chi connectivity index (χ0n) is 14.3. The molecule has 1 aromatic heterocycles. The standard InChI is InChI=1S/C18H15ClN4O3S/c1-12-10-17(20-18(24)11-27-16-5-3-2-4-15(16)19)22(21-12)13-6-8-14(9-7-13)23(25)26/h2-10H,11H2,1H3,(H,20,24).